The molecule has 0 unspecified atom stereocenters. The Hall–Kier alpha value is -0.380. The van der Waals surface area contributed by atoms with E-state index in [0.717, 1.165) is 6.54 Å². The van der Waals surface area contributed by atoms with Crippen molar-refractivity contribution in [2.45, 2.75) is 32.2 Å². The summed E-state index contributed by atoms with van der Waals surface area (Å²) in [7, 11) is 1.65. The van der Waals surface area contributed by atoms with Crippen molar-refractivity contribution in [1.82, 2.24) is 5.48 Å². The van der Waals surface area contributed by atoms with Gasteiger partial charge in [0.05, 0.1) is 7.11 Å². The van der Waals surface area contributed by atoms with Gasteiger partial charge in [-0.3, -0.25) is 0 Å². The second-order valence-corrected chi connectivity index (χ2v) is 4.80. The molecule has 3 heteroatoms. The monoisotopic (exact) mass is 269 g/mol. The van der Waals surface area contributed by atoms with Gasteiger partial charge in [0.2, 0.25) is 0 Å². The van der Waals surface area contributed by atoms with Crippen LogP contribution in [0.4, 0.5) is 0 Å². The van der Waals surface area contributed by atoms with Crippen molar-refractivity contribution in [1.29, 1.82) is 0 Å². The second kappa shape index (κ2) is 5.10. The topological polar surface area (TPSA) is 21.3 Å². The molecular weight excluding hydrogens is 254 g/mol. The van der Waals surface area contributed by atoms with Gasteiger partial charge in [-0.2, -0.15) is 5.48 Å². The van der Waals surface area contributed by atoms with Crippen LogP contribution in [0.1, 0.15) is 29.5 Å². The van der Waals surface area contributed by atoms with Gasteiger partial charge in [0.1, 0.15) is 0 Å². The quantitative estimate of drug-likeness (QED) is 0.852. The zero-order valence-electron chi connectivity index (χ0n) is 8.98. The van der Waals surface area contributed by atoms with Crippen LogP contribution in [0.2, 0.25) is 0 Å². The molecular formula is C12H16BrNO. The number of rotatable bonds is 3. The lowest BCUT2D eigenvalue weighted by Crippen LogP contribution is -2.12. The highest BCUT2D eigenvalue weighted by molar-refractivity contribution is 9.10. The number of hydroxylamine groups is 1. The fraction of sp³-hybridized carbons (Fsp3) is 0.500. The number of halogens is 1. The van der Waals surface area contributed by atoms with Crippen molar-refractivity contribution in [3.63, 3.8) is 0 Å². The van der Waals surface area contributed by atoms with Crippen molar-refractivity contribution in [3.8, 4) is 0 Å². The lowest BCUT2D eigenvalue weighted by Gasteiger charge is -2.18. The van der Waals surface area contributed by atoms with Crippen LogP contribution in [-0.4, -0.2) is 7.11 Å². The van der Waals surface area contributed by atoms with Crippen LogP contribution >= 0.6 is 15.9 Å². The third kappa shape index (κ3) is 2.60. The zero-order chi connectivity index (χ0) is 10.7. The van der Waals surface area contributed by atoms with E-state index in [-0.39, 0.29) is 0 Å². The van der Waals surface area contributed by atoms with Crippen LogP contribution in [0.15, 0.2) is 16.6 Å². The molecule has 0 saturated carbocycles. The summed E-state index contributed by atoms with van der Waals surface area (Å²) in [6.45, 7) is 0.766. The number of aryl methyl sites for hydroxylation is 1. The summed E-state index contributed by atoms with van der Waals surface area (Å²) in [6.07, 6.45) is 5.07. The van der Waals surface area contributed by atoms with E-state index in [1.807, 2.05) is 0 Å². The van der Waals surface area contributed by atoms with Gasteiger partial charge in [-0.05, 0) is 48.4 Å². The first-order chi connectivity index (χ1) is 7.31. The fourth-order valence-electron chi connectivity index (χ4n) is 2.13. The summed E-state index contributed by atoms with van der Waals surface area (Å²) in [5.74, 6) is 0. The molecule has 0 spiro atoms. The lowest BCUT2D eigenvalue weighted by atomic mass is 9.90. The molecule has 1 aliphatic rings. The van der Waals surface area contributed by atoms with Crippen LogP contribution in [0.3, 0.4) is 0 Å². The minimum absolute atomic E-state index is 0.766. The van der Waals surface area contributed by atoms with Crippen molar-refractivity contribution < 1.29 is 4.84 Å². The first kappa shape index (κ1) is 11.1. The molecule has 0 amide bonds. The highest BCUT2D eigenvalue weighted by Crippen LogP contribution is 2.29. The third-order valence-corrected chi connectivity index (χ3v) is 3.60. The van der Waals surface area contributed by atoms with E-state index in [4.69, 9.17) is 4.84 Å². The average Bonchev–Trinajstić information content (AvgIpc) is 2.26. The van der Waals surface area contributed by atoms with Crippen LogP contribution < -0.4 is 5.48 Å². The molecule has 0 saturated heterocycles. The van der Waals surface area contributed by atoms with Crippen LogP contribution in [0, 0.1) is 0 Å². The van der Waals surface area contributed by atoms with Crippen LogP contribution in [0.25, 0.3) is 0 Å². The molecule has 0 bridgehead atoms. The first-order valence-electron chi connectivity index (χ1n) is 5.37. The molecule has 0 atom stereocenters. The highest BCUT2D eigenvalue weighted by Gasteiger charge is 2.13. The van der Waals surface area contributed by atoms with E-state index in [9.17, 15) is 0 Å². The normalized spacial score (nSPS) is 15.1. The Morgan fingerprint density at radius 1 is 1.33 bits per heavy atom. The molecule has 1 aromatic carbocycles. The molecule has 0 fully saturated rings. The van der Waals surface area contributed by atoms with E-state index in [2.05, 4.69) is 33.5 Å². The highest BCUT2D eigenvalue weighted by atomic mass is 79.9. The molecule has 1 aliphatic carbocycles. The largest absolute Gasteiger partial charge is 0.305 e. The molecule has 1 aromatic rings. The van der Waals surface area contributed by atoms with Gasteiger partial charge in [-0.1, -0.05) is 22.0 Å². The Bertz CT molecular complexity index is 352. The minimum atomic E-state index is 0.766. The molecule has 82 valence electrons. The van der Waals surface area contributed by atoms with E-state index in [1.165, 1.54) is 46.8 Å². The SMILES string of the molecule is CONCc1cc(Br)c2c(c1)CCCC2. The van der Waals surface area contributed by atoms with Gasteiger partial charge in [0.15, 0.2) is 0 Å². The number of hydrogen-bond acceptors (Lipinski definition) is 2. The van der Waals surface area contributed by atoms with E-state index < -0.39 is 0 Å². The fourth-order valence-corrected chi connectivity index (χ4v) is 2.88. The maximum atomic E-state index is 4.86. The Labute approximate surface area is 99.1 Å². The van der Waals surface area contributed by atoms with Crippen molar-refractivity contribution in [2.75, 3.05) is 7.11 Å². The predicted molar refractivity (Wildman–Crippen MR) is 64.6 cm³/mol. The molecule has 2 nitrogen and oxygen atoms in total. The number of fused-ring (bicyclic) bond motifs is 1. The van der Waals surface area contributed by atoms with Gasteiger partial charge in [0, 0.05) is 11.0 Å². The lowest BCUT2D eigenvalue weighted by molar-refractivity contribution is 0.0867. The van der Waals surface area contributed by atoms with Crippen LogP contribution in [-0.2, 0) is 24.2 Å². The summed E-state index contributed by atoms with van der Waals surface area (Å²) in [6, 6.07) is 4.49. The molecule has 0 heterocycles. The van der Waals surface area contributed by atoms with Gasteiger partial charge >= 0.3 is 0 Å². The summed E-state index contributed by atoms with van der Waals surface area (Å²) in [4.78, 5) is 4.86. The van der Waals surface area contributed by atoms with Crippen molar-refractivity contribution in [2.24, 2.45) is 0 Å². The Kier molecular flexibility index (Phi) is 3.78. The van der Waals surface area contributed by atoms with Crippen molar-refractivity contribution >= 4 is 15.9 Å². The maximum absolute atomic E-state index is 4.86. The van der Waals surface area contributed by atoms with Gasteiger partial charge in [-0.15, -0.1) is 0 Å². The summed E-state index contributed by atoms with van der Waals surface area (Å²) < 4.78 is 1.26. The molecule has 0 aromatic heterocycles. The Morgan fingerprint density at radius 2 is 2.13 bits per heavy atom. The Morgan fingerprint density at radius 3 is 2.93 bits per heavy atom. The van der Waals surface area contributed by atoms with Gasteiger partial charge < -0.3 is 4.84 Å². The van der Waals surface area contributed by atoms with E-state index in [0.29, 0.717) is 0 Å². The van der Waals surface area contributed by atoms with Gasteiger partial charge in [0.25, 0.3) is 0 Å². The third-order valence-electron chi connectivity index (χ3n) is 2.89. The van der Waals surface area contributed by atoms with E-state index in [1.54, 1.807) is 7.11 Å². The number of nitrogens with one attached hydrogen (secondary N) is 1. The second-order valence-electron chi connectivity index (χ2n) is 3.95. The maximum Gasteiger partial charge on any atom is 0.0572 e. The standard InChI is InChI=1S/C12H16BrNO/c1-15-14-8-9-6-10-4-2-3-5-11(10)12(13)7-9/h6-7,14H,2-5,8H2,1H3. The number of benzene rings is 1. The zero-order valence-corrected chi connectivity index (χ0v) is 10.6. The Balaban J connectivity index is 2.24. The summed E-state index contributed by atoms with van der Waals surface area (Å²) in [5, 5.41) is 0. The predicted octanol–water partition coefficient (Wildman–Crippen LogP) is 2.98. The first-order valence-corrected chi connectivity index (χ1v) is 6.16. The summed E-state index contributed by atoms with van der Waals surface area (Å²) >= 11 is 3.66. The minimum Gasteiger partial charge on any atom is -0.305 e. The van der Waals surface area contributed by atoms with Crippen molar-refractivity contribution in [3.05, 3.63) is 33.3 Å². The molecule has 1 N–H and O–H groups in total. The van der Waals surface area contributed by atoms with Gasteiger partial charge in [-0.25, -0.2) is 0 Å². The average molecular weight is 270 g/mol. The smallest absolute Gasteiger partial charge is 0.0572 e. The van der Waals surface area contributed by atoms with E-state index >= 15 is 0 Å². The molecule has 0 radical (unpaired) electrons. The molecule has 0 aliphatic heterocycles. The molecule has 2 rings (SSSR count). The van der Waals surface area contributed by atoms with Crippen LogP contribution in [0.5, 0.6) is 0 Å². The summed E-state index contributed by atoms with van der Waals surface area (Å²) in [5.41, 5.74) is 7.17. The molecule has 15 heavy (non-hydrogen) atoms. The number of hydrogen-bond donors (Lipinski definition) is 1.